The molecule has 1 aromatic rings. The summed E-state index contributed by atoms with van der Waals surface area (Å²) in [5.41, 5.74) is 0. The summed E-state index contributed by atoms with van der Waals surface area (Å²) in [5, 5.41) is 11.5. The molecule has 0 atom stereocenters. The first-order valence-corrected chi connectivity index (χ1v) is 4.87. The Balaban J connectivity index is 2.12. The Kier molecular flexibility index (Phi) is 2.54. The van der Waals surface area contributed by atoms with Crippen molar-refractivity contribution in [2.75, 3.05) is 31.1 Å². The van der Waals surface area contributed by atoms with Crippen LogP contribution in [0, 0.1) is 12.3 Å². The Bertz CT molecular complexity index is 308. The van der Waals surface area contributed by atoms with Crippen LogP contribution in [0.1, 0.15) is 0 Å². The van der Waals surface area contributed by atoms with E-state index < -0.39 is 0 Å². The van der Waals surface area contributed by atoms with Crippen molar-refractivity contribution in [3.05, 3.63) is 36.7 Å². The van der Waals surface area contributed by atoms with Gasteiger partial charge < -0.3 is 10.1 Å². The third kappa shape index (κ3) is 1.80. The van der Waals surface area contributed by atoms with Gasteiger partial charge in [-0.15, -0.1) is 0 Å². The zero-order chi connectivity index (χ0) is 9.97. The molecule has 1 aromatic heterocycles. The lowest BCUT2D eigenvalue weighted by Crippen LogP contribution is -3.10. The van der Waals surface area contributed by atoms with Gasteiger partial charge in [-0.3, -0.25) is 0 Å². The van der Waals surface area contributed by atoms with Crippen LogP contribution in [0.2, 0.25) is 0 Å². The van der Waals surface area contributed by atoms with Gasteiger partial charge in [0.25, 0.3) is 5.82 Å². The van der Waals surface area contributed by atoms with Crippen molar-refractivity contribution in [3.63, 3.8) is 0 Å². The Hall–Kier alpha value is -1.29. The lowest BCUT2D eigenvalue weighted by atomic mass is 10.3. The Morgan fingerprint density at radius 1 is 1.36 bits per heavy atom. The largest absolute Gasteiger partial charge is 0.711 e. The second-order valence-corrected chi connectivity index (χ2v) is 3.62. The van der Waals surface area contributed by atoms with E-state index in [1.165, 1.54) is 4.90 Å². The molecule has 0 spiro atoms. The van der Waals surface area contributed by atoms with Crippen LogP contribution < -0.4 is 14.5 Å². The molecule has 14 heavy (non-hydrogen) atoms. The molecule has 0 unspecified atom stereocenters. The van der Waals surface area contributed by atoms with Crippen molar-refractivity contribution in [3.8, 4) is 0 Å². The number of hydrogen-bond acceptors (Lipinski definition) is 2. The number of anilines is 1. The molecule has 0 amide bonds. The molecule has 1 aliphatic rings. The molecule has 1 aliphatic heterocycles. The highest BCUT2D eigenvalue weighted by Crippen LogP contribution is 2.06. The minimum absolute atomic E-state index is 0.750. The lowest BCUT2D eigenvalue weighted by molar-refractivity contribution is -0.854. The van der Waals surface area contributed by atoms with Crippen LogP contribution in [0.15, 0.2) is 24.4 Å². The number of aromatic nitrogens is 1. The van der Waals surface area contributed by atoms with Gasteiger partial charge in [-0.25, -0.2) is 9.63 Å². The second kappa shape index (κ2) is 3.84. The van der Waals surface area contributed by atoms with E-state index in [4.69, 9.17) is 0 Å². The number of quaternary nitrogens is 1. The molecule has 0 radical (unpaired) electrons. The van der Waals surface area contributed by atoms with Gasteiger partial charge in [-0.2, -0.15) is 7.05 Å². The second-order valence-electron chi connectivity index (χ2n) is 3.62. The van der Waals surface area contributed by atoms with Crippen molar-refractivity contribution in [1.82, 2.24) is 0 Å². The van der Waals surface area contributed by atoms with E-state index in [1.54, 1.807) is 12.3 Å². The fourth-order valence-electron chi connectivity index (χ4n) is 1.72. The third-order valence-corrected chi connectivity index (χ3v) is 2.60. The summed E-state index contributed by atoms with van der Waals surface area (Å²) in [6.45, 7) is 3.81. The van der Waals surface area contributed by atoms with E-state index in [9.17, 15) is 5.21 Å². The molecule has 0 aromatic carbocycles. The molecule has 2 rings (SSSR count). The van der Waals surface area contributed by atoms with Crippen molar-refractivity contribution < 1.29 is 9.63 Å². The summed E-state index contributed by atoms with van der Waals surface area (Å²) in [6, 6.07) is 5.51. The van der Waals surface area contributed by atoms with Crippen molar-refractivity contribution >= 4 is 5.82 Å². The number of rotatable bonds is 1. The van der Waals surface area contributed by atoms with Gasteiger partial charge in [0, 0.05) is 6.07 Å². The molecule has 0 aliphatic carbocycles. The van der Waals surface area contributed by atoms with Crippen LogP contribution in [0.25, 0.3) is 0 Å². The summed E-state index contributed by atoms with van der Waals surface area (Å²) in [5.74, 6) is 0.750. The average molecular weight is 193 g/mol. The van der Waals surface area contributed by atoms with Crippen LogP contribution in [-0.2, 0) is 0 Å². The van der Waals surface area contributed by atoms with E-state index >= 15 is 0 Å². The molecule has 1 N–H and O–H groups in total. The minimum atomic E-state index is 0.750. The quantitative estimate of drug-likeness (QED) is 0.346. The molecule has 1 fully saturated rings. The summed E-state index contributed by atoms with van der Waals surface area (Å²) >= 11 is 0. The summed E-state index contributed by atoms with van der Waals surface area (Å²) < 4.78 is 0.925. The monoisotopic (exact) mass is 193 g/mol. The van der Waals surface area contributed by atoms with E-state index in [2.05, 4.69) is 11.9 Å². The molecule has 0 saturated carbocycles. The van der Waals surface area contributed by atoms with Gasteiger partial charge in [0.15, 0.2) is 0 Å². The van der Waals surface area contributed by atoms with Crippen LogP contribution in [0.5, 0.6) is 0 Å². The summed E-state index contributed by atoms with van der Waals surface area (Å²) in [6.07, 6.45) is 1.54. The van der Waals surface area contributed by atoms with Crippen molar-refractivity contribution in [2.45, 2.75) is 0 Å². The molecule has 4 heteroatoms. The van der Waals surface area contributed by atoms with Crippen LogP contribution in [-0.4, -0.2) is 26.2 Å². The normalized spacial score (nSPS) is 18.5. The number of hydrogen-bond donors (Lipinski definition) is 1. The van der Waals surface area contributed by atoms with Crippen LogP contribution in [0.4, 0.5) is 5.82 Å². The first kappa shape index (κ1) is 9.27. The summed E-state index contributed by atoms with van der Waals surface area (Å²) in [7, 11) is 3.95. The first-order valence-electron chi connectivity index (χ1n) is 4.87. The predicted molar refractivity (Wildman–Crippen MR) is 53.7 cm³/mol. The van der Waals surface area contributed by atoms with Gasteiger partial charge in [-0.1, -0.05) is 6.07 Å². The standard InChI is InChI=1S/C10H15N3O/c1-11-6-8-12(9-7-11)10-4-2-3-5-13(10)14/h2-5,11H,1,6-9H2. The maximum Gasteiger partial charge on any atom is 0.279 e. The molecular weight excluding hydrogens is 178 g/mol. The number of pyridine rings is 1. The number of nitrogens with zero attached hydrogens (tertiary/aromatic N) is 2. The van der Waals surface area contributed by atoms with Crippen LogP contribution in [0.3, 0.4) is 0 Å². The number of nitrogens with one attached hydrogen (secondary N) is 1. The Morgan fingerprint density at radius 3 is 2.71 bits per heavy atom. The first-order chi connectivity index (χ1) is 6.77. The van der Waals surface area contributed by atoms with E-state index in [0.717, 1.165) is 36.7 Å². The predicted octanol–water partition coefficient (Wildman–Crippen LogP) is -1.18. The zero-order valence-corrected chi connectivity index (χ0v) is 8.15. The SMILES string of the molecule is [CH2-][NH+]1CCN(c2cccc[n+]2[O-])CC1. The van der Waals surface area contributed by atoms with Crippen molar-refractivity contribution in [2.24, 2.45) is 0 Å². The molecule has 2 heterocycles. The van der Waals surface area contributed by atoms with Gasteiger partial charge in [0.2, 0.25) is 0 Å². The average Bonchev–Trinajstić information content (AvgIpc) is 2.20. The van der Waals surface area contributed by atoms with Gasteiger partial charge in [0.05, 0.1) is 19.3 Å². The Morgan fingerprint density at radius 2 is 2.07 bits per heavy atom. The van der Waals surface area contributed by atoms with E-state index in [1.807, 2.05) is 12.1 Å². The van der Waals surface area contributed by atoms with Gasteiger partial charge >= 0.3 is 0 Å². The van der Waals surface area contributed by atoms with E-state index in [0.29, 0.717) is 0 Å². The maximum absolute atomic E-state index is 11.5. The molecule has 76 valence electrons. The lowest BCUT2D eigenvalue weighted by Gasteiger charge is -2.31. The van der Waals surface area contributed by atoms with Crippen LogP contribution >= 0.6 is 0 Å². The Labute approximate surface area is 83.9 Å². The number of piperazine rings is 1. The highest BCUT2D eigenvalue weighted by Gasteiger charge is 2.21. The zero-order valence-electron chi connectivity index (χ0n) is 8.15. The van der Waals surface area contributed by atoms with E-state index in [-0.39, 0.29) is 0 Å². The maximum atomic E-state index is 11.5. The van der Waals surface area contributed by atoms with Gasteiger partial charge in [-0.05, 0) is 6.07 Å². The smallest absolute Gasteiger partial charge is 0.279 e. The molecule has 1 saturated heterocycles. The molecule has 4 nitrogen and oxygen atoms in total. The molecule has 0 bridgehead atoms. The fraction of sp³-hybridized carbons (Fsp3) is 0.400. The molecular formula is C10H15N3O. The van der Waals surface area contributed by atoms with Gasteiger partial charge in [0.1, 0.15) is 13.1 Å². The third-order valence-electron chi connectivity index (χ3n) is 2.60. The highest BCUT2D eigenvalue weighted by atomic mass is 16.5. The van der Waals surface area contributed by atoms with Crippen molar-refractivity contribution in [1.29, 1.82) is 0 Å². The fourth-order valence-corrected chi connectivity index (χ4v) is 1.72. The highest BCUT2D eigenvalue weighted by molar-refractivity contribution is 5.32. The summed E-state index contributed by atoms with van der Waals surface area (Å²) in [4.78, 5) is 3.40. The minimum Gasteiger partial charge on any atom is -0.711 e. The topological polar surface area (TPSA) is 34.6 Å².